The van der Waals surface area contributed by atoms with Gasteiger partial charge < -0.3 is 46.0 Å². The first-order valence-electron chi connectivity index (χ1n) is 9.52. The van der Waals surface area contributed by atoms with Gasteiger partial charge in [0.15, 0.2) is 18.9 Å². The fourth-order valence-electron chi connectivity index (χ4n) is 2.14. The monoisotopic (exact) mass is 660 g/mol. The van der Waals surface area contributed by atoms with Gasteiger partial charge in [0.05, 0.1) is 17.1 Å². The smallest absolute Gasteiger partial charge is 0.354 e. The molecule has 0 amide bonds. The number of pyridine rings is 3. The fraction of sp³-hybridized carbons (Fsp3) is 0.143. The van der Waals surface area contributed by atoms with Crippen LogP contribution in [0.25, 0.3) is 0 Å². The molecular formula is C21H21EuN3O12. The largest absolute Gasteiger partial charge is 0.477 e. The zero-order valence-corrected chi connectivity index (χ0v) is 20.8. The van der Waals surface area contributed by atoms with E-state index in [1.807, 2.05) is 0 Å². The Morgan fingerprint density at radius 3 is 0.865 bits per heavy atom. The van der Waals surface area contributed by atoms with Crippen molar-refractivity contribution in [3.05, 3.63) is 88.8 Å². The summed E-state index contributed by atoms with van der Waals surface area (Å²) in [5, 5.41) is 77.2. The van der Waals surface area contributed by atoms with Gasteiger partial charge in [0.2, 0.25) is 0 Å². The van der Waals surface area contributed by atoms with Crippen molar-refractivity contribution in [3.8, 4) is 0 Å². The van der Waals surface area contributed by atoms with Gasteiger partial charge in [0.25, 0.3) is 0 Å². The van der Waals surface area contributed by atoms with Crippen molar-refractivity contribution in [1.82, 2.24) is 15.0 Å². The Balaban J connectivity index is 0.000000518. The average Bonchev–Trinajstić information content (AvgIpc) is 2.85. The van der Waals surface area contributed by atoms with Crippen molar-refractivity contribution in [1.29, 1.82) is 0 Å². The van der Waals surface area contributed by atoms with Crippen LogP contribution in [0, 0.1) is 49.4 Å². The fourth-order valence-corrected chi connectivity index (χ4v) is 2.14. The summed E-state index contributed by atoms with van der Waals surface area (Å²) < 4.78 is 0. The number of carboxylic acids is 3. The number of carbonyl (C=O) groups is 3. The molecule has 16 heteroatoms. The van der Waals surface area contributed by atoms with Crippen LogP contribution in [0.3, 0.4) is 0 Å². The first kappa shape index (κ1) is 34.2. The third-order valence-electron chi connectivity index (χ3n) is 3.76. The zero-order valence-electron chi connectivity index (χ0n) is 18.4. The van der Waals surface area contributed by atoms with Crippen LogP contribution >= 0.6 is 0 Å². The number of hydrogen-bond donors (Lipinski definition) is 9. The maximum absolute atomic E-state index is 10.3. The van der Waals surface area contributed by atoms with Crippen LogP contribution in [-0.2, 0) is 0 Å². The molecule has 0 saturated carbocycles. The van der Waals surface area contributed by atoms with E-state index in [2.05, 4.69) is 15.0 Å². The quantitative estimate of drug-likeness (QED) is 0.148. The first-order chi connectivity index (χ1) is 16.8. The molecule has 0 atom stereocenters. The Morgan fingerprint density at radius 2 is 0.703 bits per heavy atom. The SMILES string of the molecule is O=C(O)c1cccc(C(O)O)n1.O=C(O)c1cccc(C(O)O)n1.O=C(O)c1cccc(C(O)O)n1.[Eu]. The number of aromatic carboxylic acids is 3. The molecule has 0 spiro atoms. The molecule has 0 aliphatic heterocycles. The van der Waals surface area contributed by atoms with E-state index in [9.17, 15) is 14.4 Å². The predicted octanol–water partition coefficient (Wildman–Crippen LogP) is -0.711. The summed E-state index contributed by atoms with van der Waals surface area (Å²) >= 11 is 0. The van der Waals surface area contributed by atoms with E-state index in [1.165, 1.54) is 54.6 Å². The Labute approximate surface area is 248 Å². The topological polar surface area (TPSA) is 272 Å². The van der Waals surface area contributed by atoms with Gasteiger partial charge in [-0.1, -0.05) is 18.2 Å². The van der Waals surface area contributed by atoms with E-state index >= 15 is 0 Å². The molecular weight excluding hydrogens is 638 g/mol. The average molecular weight is 659 g/mol. The molecule has 1 radical (unpaired) electrons. The molecule has 0 fully saturated rings. The normalized spacial score (nSPS) is 9.97. The molecule has 9 N–H and O–H groups in total. The molecule has 0 bridgehead atoms. The predicted molar refractivity (Wildman–Crippen MR) is 115 cm³/mol. The molecule has 199 valence electrons. The van der Waals surface area contributed by atoms with Gasteiger partial charge in [0.1, 0.15) is 17.1 Å². The summed E-state index contributed by atoms with van der Waals surface area (Å²) in [7, 11) is 0. The van der Waals surface area contributed by atoms with Crippen LogP contribution in [0.5, 0.6) is 0 Å². The molecule has 37 heavy (non-hydrogen) atoms. The molecule has 0 aliphatic carbocycles. The van der Waals surface area contributed by atoms with Crippen molar-refractivity contribution in [2.24, 2.45) is 0 Å². The Hall–Kier alpha value is -2.80. The van der Waals surface area contributed by atoms with Gasteiger partial charge in [-0.15, -0.1) is 0 Å². The van der Waals surface area contributed by atoms with E-state index in [1.54, 1.807) is 0 Å². The minimum atomic E-state index is -1.73. The van der Waals surface area contributed by atoms with E-state index in [4.69, 9.17) is 46.0 Å². The summed E-state index contributed by atoms with van der Waals surface area (Å²) in [6.45, 7) is 0. The summed E-state index contributed by atoms with van der Waals surface area (Å²) in [4.78, 5) is 41.5. The van der Waals surface area contributed by atoms with Gasteiger partial charge in [-0.25, -0.2) is 29.3 Å². The minimum Gasteiger partial charge on any atom is -0.477 e. The van der Waals surface area contributed by atoms with Crippen molar-refractivity contribution in [3.63, 3.8) is 0 Å². The van der Waals surface area contributed by atoms with E-state index < -0.39 is 36.8 Å². The van der Waals surface area contributed by atoms with Gasteiger partial charge in [-0.3, -0.25) is 0 Å². The number of aliphatic hydroxyl groups is 6. The molecule has 3 rings (SSSR count). The number of aliphatic hydroxyl groups excluding tert-OH is 3. The minimum absolute atomic E-state index is 0. The summed E-state index contributed by atoms with van der Waals surface area (Å²) in [6.07, 6.45) is -5.20. The molecule has 3 aromatic rings. The third kappa shape index (κ3) is 12.3. The summed E-state index contributed by atoms with van der Waals surface area (Å²) in [6, 6.07) is 12.0. The number of hydrogen-bond acceptors (Lipinski definition) is 12. The molecule has 0 saturated heterocycles. The molecule has 0 aromatic carbocycles. The number of aromatic nitrogens is 3. The standard InChI is InChI=1S/3C7H7NO4.Eu/c3*9-6(10)4-2-1-3-5(8-4)7(11)12;/h3*1-3,6,9-10H,(H,11,12);. The van der Waals surface area contributed by atoms with Gasteiger partial charge in [0, 0.05) is 49.4 Å². The van der Waals surface area contributed by atoms with Crippen molar-refractivity contribution in [2.45, 2.75) is 18.9 Å². The van der Waals surface area contributed by atoms with Crippen LogP contribution < -0.4 is 0 Å². The van der Waals surface area contributed by atoms with Gasteiger partial charge in [-0.05, 0) is 36.4 Å². The van der Waals surface area contributed by atoms with E-state index in [-0.39, 0.29) is 83.5 Å². The van der Waals surface area contributed by atoms with Crippen molar-refractivity contribution < 1.29 is 110 Å². The maximum atomic E-state index is 10.3. The van der Waals surface area contributed by atoms with E-state index in [0.717, 1.165) is 0 Å². The van der Waals surface area contributed by atoms with Gasteiger partial charge >= 0.3 is 17.9 Å². The van der Waals surface area contributed by atoms with Crippen LogP contribution in [0.15, 0.2) is 54.6 Å². The summed E-state index contributed by atoms with van der Waals surface area (Å²) in [5.41, 5.74) is -0.846. The van der Waals surface area contributed by atoms with Gasteiger partial charge in [-0.2, -0.15) is 0 Å². The van der Waals surface area contributed by atoms with Crippen LogP contribution in [0.4, 0.5) is 0 Å². The Kier molecular flexibility index (Phi) is 15.6. The van der Waals surface area contributed by atoms with Crippen LogP contribution in [0.1, 0.15) is 67.4 Å². The molecule has 15 nitrogen and oxygen atoms in total. The number of rotatable bonds is 6. The van der Waals surface area contributed by atoms with Crippen molar-refractivity contribution in [2.75, 3.05) is 0 Å². The molecule has 0 aliphatic rings. The second-order valence-corrected chi connectivity index (χ2v) is 6.38. The van der Waals surface area contributed by atoms with Crippen molar-refractivity contribution >= 4 is 17.9 Å². The molecule has 0 unspecified atom stereocenters. The second kappa shape index (κ2) is 16.9. The third-order valence-corrected chi connectivity index (χ3v) is 3.76. The summed E-state index contributed by atoms with van der Waals surface area (Å²) in [5.74, 6) is -3.59. The number of carboxylic acid groups (broad SMARTS) is 3. The molecule has 3 aromatic heterocycles. The first-order valence-corrected chi connectivity index (χ1v) is 9.52. The zero-order chi connectivity index (χ0) is 27.4. The number of nitrogens with zero attached hydrogens (tertiary/aromatic N) is 3. The second-order valence-electron chi connectivity index (χ2n) is 6.38. The Bertz CT molecular complexity index is 1040. The molecule has 3 heterocycles. The Morgan fingerprint density at radius 1 is 0.486 bits per heavy atom. The maximum Gasteiger partial charge on any atom is 0.354 e. The van der Waals surface area contributed by atoms with E-state index in [0.29, 0.717) is 0 Å². The van der Waals surface area contributed by atoms with Crippen LogP contribution in [-0.4, -0.2) is 78.8 Å². The van der Waals surface area contributed by atoms with Crippen LogP contribution in [0.2, 0.25) is 0 Å².